The number of H-pyrrole nitrogens is 1. The zero-order chi connectivity index (χ0) is 24.9. The maximum absolute atomic E-state index is 12.9. The second kappa shape index (κ2) is 10.9. The average Bonchev–Trinajstić information content (AvgIpc) is 3.33. The summed E-state index contributed by atoms with van der Waals surface area (Å²) in [6.07, 6.45) is 1.68. The summed E-state index contributed by atoms with van der Waals surface area (Å²) in [6.45, 7) is 3.03. The van der Waals surface area contributed by atoms with Crippen LogP contribution in [-0.2, 0) is 9.53 Å². The lowest BCUT2D eigenvalue weighted by Crippen LogP contribution is -2.32. The maximum atomic E-state index is 12.9. The van der Waals surface area contributed by atoms with Crippen LogP contribution in [-0.4, -0.2) is 54.9 Å². The van der Waals surface area contributed by atoms with Gasteiger partial charge in [0.15, 0.2) is 6.10 Å². The lowest BCUT2D eigenvalue weighted by Gasteiger charge is -2.28. The number of anilines is 1. The van der Waals surface area contributed by atoms with Gasteiger partial charge in [-0.05, 0) is 86.9 Å². The topological polar surface area (TPSA) is 79.5 Å². The lowest BCUT2D eigenvalue weighted by molar-refractivity contribution is -0.126. The molecule has 0 spiro atoms. The number of fused-ring (bicyclic) bond motifs is 1. The van der Waals surface area contributed by atoms with Crippen LogP contribution in [0.1, 0.15) is 24.5 Å². The first-order valence-electron chi connectivity index (χ1n) is 12.4. The van der Waals surface area contributed by atoms with E-state index in [0.29, 0.717) is 11.6 Å². The van der Waals surface area contributed by atoms with Gasteiger partial charge in [0.2, 0.25) is 0 Å². The molecule has 1 amide bonds. The molecule has 0 radical (unpaired) electrons. The summed E-state index contributed by atoms with van der Waals surface area (Å²) in [5.41, 5.74) is 4.20. The number of methoxy groups -OCH3 is 1. The van der Waals surface area contributed by atoms with E-state index in [2.05, 4.69) is 27.5 Å². The third-order valence-corrected chi connectivity index (χ3v) is 6.86. The molecule has 186 valence electrons. The Balaban J connectivity index is 1.28. The zero-order valence-corrected chi connectivity index (χ0v) is 20.7. The molecule has 1 aliphatic heterocycles. The maximum Gasteiger partial charge on any atom is 0.258 e. The van der Waals surface area contributed by atoms with Crippen molar-refractivity contribution < 1.29 is 14.3 Å². The van der Waals surface area contributed by atoms with Gasteiger partial charge < -0.3 is 19.7 Å². The lowest BCUT2D eigenvalue weighted by atomic mass is 9.98. The van der Waals surface area contributed by atoms with Crippen LogP contribution in [0, 0.1) is 5.92 Å². The highest BCUT2D eigenvalue weighted by Crippen LogP contribution is 2.30. The molecule has 1 aliphatic rings. The Hall–Kier alpha value is -3.68. The molecule has 7 nitrogen and oxygen atoms in total. The Morgan fingerprint density at radius 2 is 1.83 bits per heavy atom. The van der Waals surface area contributed by atoms with Crippen LogP contribution in [0.4, 0.5) is 5.69 Å². The van der Waals surface area contributed by atoms with Gasteiger partial charge in [-0.2, -0.15) is 5.10 Å². The highest BCUT2D eigenvalue weighted by Gasteiger charge is 2.21. The summed E-state index contributed by atoms with van der Waals surface area (Å²) < 4.78 is 11.5. The van der Waals surface area contributed by atoms with Crippen molar-refractivity contribution in [2.24, 2.45) is 5.92 Å². The average molecular weight is 485 g/mol. The van der Waals surface area contributed by atoms with Crippen LogP contribution >= 0.6 is 0 Å². The molecule has 1 aromatic heterocycles. The van der Waals surface area contributed by atoms with Crippen molar-refractivity contribution in [3.05, 3.63) is 78.4 Å². The number of hydrogen-bond donors (Lipinski definition) is 2. The second-order valence-corrected chi connectivity index (χ2v) is 9.43. The minimum absolute atomic E-state index is 0.223. The monoisotopic (exact) mass is 484 g/mol. The quantitative estimate of drug-likeness (QED) is 0.356. The molecular weight excluding hydrogens is 452 g/mol. The van der Waals surface area contributed by atoms with Crippen LogP contribution < -0.4 is 10.1 Å². The van der Waals surface area contributed by atoms with E-state index in [-0.39, 0.29) is 5.91 Å². The number of piperidine rings is 1. The normalized spacial score (nSPS) is 15.6. The first-order chi connectivity index (χ1) is 17.6. The molecular formula is C29H32N4O3. The smallest absolute Gasteiger partial charge is 0.258 e. The summed E-state index contributed by atoms with van der Waals surface area (Å²) in [5.74, 6) is 1.26. The standard InChI is InChI=1S/C29H32N4O3/c1-33-16-14-20(15-17-33)19-36-24-11-8-21(9-12-24)27-25-18-23(10-13-26(25)31-32-27)30-29(34)28(35-2)22-6-4-3-5-7-22/h3-13,18,20,28H,14-17,19H2,1-2H3,(H,30,34)(H,31,32)/t28-/m1/s1. The number of hydrogen-bond acceptors (Lipinski definition) is 5. The summed E-state index contributed by atoms with van der Waals surface area (Å²) in [6, 6.07) is 23.2. The Morgan fingerprint density at radius 1 is 1.08 bits per heavy atom. The number of nitrogens with zero attached hydrogens (tertiary/aromatic N) is 2. The van der Waals surface area contributed by atoms with Crippen LogP contribution in [0.25, 0.3) is 22.2 Å². The van der Waals surface area contributed by atoms with Crippen molar-refractivity contribution in [2.45, 2.75) is 18.9 Å². The fourth-order valence-electron chi connectivity index (χ4n) is 4.69. The number of rotatable bonds is 8. The fraction of sp³-hybridized carbons (Fsp3) is 0.310. The van der Waals surface area contributed by atoms with Crippen LogP contribution in [0.3, 0.4) is 0 Å². The van der Waals surface area contributed by atoms with E-state index in [4.69, 9.17) is 9.47 Å². The van der Waals surface area contributed by atoms with Crippen molar-refractivity contribution in [1.29, 1.82) is 0 Å². The summed E-state index contributed by atoms with van der Waals surface area (Å²) in [4.78, 5) is 15.3. The van der Waals surface area contributed by atoms with E-state index in [1.54, 1.807) is 0 Å². The Bertz CT molecular complexity index is 1300. The molecule has 0 aliphatic carbocycles. The molecule has 1 atom stereocenters. The summed E-state index contributed by atoms with van der Waals surface area (Å²) in [7, 11) is 3.71. The predicted octanol–water partition coefficient (Wildman–Crippen LogP) is 5.28. The Kier molecular flexibility index (Phi) is 7.30. The van der Waals surface area contributed by atoms with Gasteiger partial charge in [-0.15, -0.1) is 0 Å². The molecule has 0 bridgehead atoms. The minimum Gasteiger partial charge on any atom is -0.493 e. The van der Waals surface area contributed by atoms with E-state index >= 15 is 0 Å². The van der Waals surface area contributed by atoms with Crippen molar-refractivity contribution in [2.75, 3.05) is 39.2 Å². The van der Waals surface area contributed by atoms with Crippen LogP contribution in [0.2, 0.25) is 0 Å². The highest BCUT2D eigenvalue weighted by atomic mass is 16.5. The molecule has 36 heavy (non-hydrogen) atoms. The summed E-state index contributed by atoms with van der Waals surface area (Å²) >= 11 is 0. The number of carbonyl (C=O) groups excluding carboxylic acids is 1. The van der Waals surface area contributed by atoms with Gasteiger partial charge in [0, 0.05) is 23.7 Å². The molecule has 2 N–H and O–H groups in total. The molecule has 0 saturated carbocycles. The molecule has 3 aromatic carbocycles. The number of likely N-dealkylation sites (tertiary alicyclic amines) is 1. The molecule has 1 fully saturated rings. The minimum atomic E-state index is -0.687. The SMILES string of the molecule is CO[C@@H](C(=O)Nc1ccc2[nH]nc(-c3ccc(OCC4CCN(C)CC4)cc3)c2c1)c1ccccc1. The highest BCUT2D eigenvalue weighted by molar-refractivity contribution is 5.99. The van der Waals surface area contributed by atoms with Crippen LogP contribution in [0.5, 0.6) is 5.75 Å². The van der Waals surface area contributed by atoms with E-state index in [1.807, 2.05) is 72.8 Å². The number of benzene rings is 3. The molecule has 7 heteroatoms. The number of amides is 1. The van der Waals surface area contributed by atoms with Crippen molar-refractivity contribution in [1.82, 2.24) is 15.1 Å². The van der Waals surface area contributed by atoms with Gasteiger partial charge in [-0.1, -0.05) is 30.3 Å². The fourth-order valence-corrected chi connectivity index (χ4v) is 4.69. The zero-order valence-electron chi connectivity index (χ0n) is 20.7. The van der Waals surface area contributed by atoms with Crippen LogP contribution in [0.15, 0.2) is 72.8 Å². The third kappa shape index (κ3) is 5.42. The second-order valence-electron chi connectivity index (χ2n) is 9.43. The molecule has 5 rings (SSSR count). The molecule has 2 heterocycles. The number of aromatic nitrogens is 2. The van der Waals surface area contributed by atoms with E-state index in [0.717, 1.165) is 53.2 Å². The van der Waals surface area contributed by atoms with Crippen molar-refractivity contribution >= 4 is 22.5 Å². The van der Waals surface area contributed by atoms with E-state index < -0.39 is 6.10 Å². The van der Waals surface area contributed by atoms with Crippen molar-refractivity contribution in [3.8, 4) is 17.0 Å². The van der Waals surface area contributed by atoms with Gasteiger partial charge in [-0.3, -0.25) is 9.89 Å². The first-order valence-corrected chi connectivity index (χ1v) is 12.4. The predicted molar refractivity (Wildman–Crippen MR) is 142 cm³/mol. The third-order valence-electron chi connectivity index (χ3n) is 6.86. The van der Waals surface area contributed by atoms with E-state index in [9.17, 15) is 4.79 Å². The van der Waals surface area contributed by atoms with E-state index in [1.165, 1.54) is 20.0 Å². The largest absolute Gasteiger partial charge is 0.493 e. The molecule has 0 unspecified atom stereocenters. The van der Waals surface area contributed by atoms with Gasteiger partial charge in [0.25, 0.3) is 5.91 Å². The van der Waals surface area contributed by atoms with Gasteiger partial charge in [-0.25, -0.2) is 0 Å². The van der Waals surface area contributed by atoms with Gasteiger partial charge in [0.05, 0.1) is 17.8 Å². The number of aromatic amines is 1. The number of nitrogens with one attached hydrogen (secondary N) is 2. The number of ether oxygens (including phenoxy) is 2. The van der Waals surface area contributed by atoms with Crippen molar-refractivity contribution in [3.63, 3.8) is 0 Å². The summed E-state index contributed by atoms with van der Waals surface area (Å²) in [5, 5.41) is 11.5. The first kappa shape index (κ1) is 24.0. The Morgan fingerprint density at radius 3 is 2.56 bits per heavy atom. The molecule has 1 saturated heterocycles. The molecule has 4 aromatic rings. The number of carbonyl (C=O) groups is 1. The van der Waals surface area contributed by atoms with Gasteiger partial charge >= 0.3 is 0 Å². The Labute approximate surface area is 211 Å². The van der Waals surface area contributed by atoms with Gasteiger partial charge in [0.1, 0.15) is 5.75 Å².